The highest BCUT2D eigenvalue weighted by atomic mass is 35.5. The Hall–Kier alpha value is -4.22. The Morgan fingerprint density at radius 3 is 1.97 bits per heavy atom. The Kier molecular flexibility index (Phi) is 6.68. The van der Waals surface area contributed by atoms with Crippen LogP contribution in [0.2, 0.25) is 5.02 Å². The zero-order valence-corrected chi connectivity index (χ0v) is 19.6. The van der Waals surface area contributed by atoms with E-state index in [1.807, 2.05) is 84.9 Å². The SMILES string of the molecule is O=c1c(-c2ccc(Cl)cc2)c(-c2ccncc2)c(OCc2ccccc2)nn1Cc1ccccc1. The Bertz CT molecular complexity index is 1470. The van der Waals surface area contributed by atoms with Gasteiger partial charge in [-0.25, -0.2) is 4.68 Å². The Morgan fingerprint density at radius 1 is 0.714 bits per heavy atom. The molecular formula is C29H22ClN3O2. The fraction of sp³-hybridized carbons (Fsp3) is 0.0690. The lowest BCUT2D eigenvalue weighted by atomic mass is 9.97. The number of pyridine rings is 1. The summed E-state index contributed by atoms with van der Waals surface area (Å²) >= 11 is 6.15. The van der Waals surface area contributed by atoms with Crippen LogP contribution in [0.3, 0.4) is 0 Å². The smallest absolute Gasteiger partial charge is 0.275 e. The van der Waals surface area contributed by atoms with E-state index in [-0.39, 0.29) is 5.56 Å². The van der Waals surface area contributed by atoms with E-state index >= 15 is 0 Å². The molecule has 5 nitrogen and oxygen atoms in total. The lowest BCUT2D eigenvalue weighted by Crippen LogP contribution is -2.26. The van der Waals surface area contributed by atoms with E-state index in [0.29, 0.717) is 35.2 Å². The maximum Gasteiger partial charge on any atom is 0.275 e. The summed E-state index contributed by atoms with van der Waals surface area (Å²) in [7, 11) is 0. The average Bonchev–Trinajstić information content (AvgIpc) is 2.91. The monoisotopic (exact) mass is 479 g/mol. The second kappa shape index (κ2) is 10.4. The number of rotatable bonds is 7. The summed E-state index contributed by atoms with van der Waals surface area (Å²) in [5.41, 5.74) is 4.42. The van der Waals surface area contributed by atoms with E-state index in [9.17, 15) is 4.79 Å². The van der Waals surface area contributed by atoms with Crippen LogP contribution >= 0.6 is 11.6 Å². The third kappa shape index (κ3) is 5.15. The van der Waals surface area contributed by atoms with Crippen molar-refractivity contribution in [3.8, 4) is 28.1 Å². The van der Waals surface area contributed by atoms with Crippen LogP contribution in [0.1, 0.15) is 11.1 Å². The average molecular weight is 480 g/mol. The molecule has 0 saturated heterocycles. The van der Waals surface area contributed by atoms with Crippen LogP contribution in [-0.4, -0.2) is 14.8 Å². The third-order valence-electron chi connectivity index (χ3n) is 5.62. The lowest BCUT2D eigenvalue weighted by Gasteiger charge is -2.18. The number of ether oxygens (including phenoxy) is 1. The molecule has 5 rings (SSSR count). The number of benzene rings is 3. The summed E-state index contributed by atoms with van der Waals surface area (Å²) in [6.07, 6.45) is 3.38. The van der Waals surface area contributed by atoms with Gasteiger partial charge in [0.1, 0.15) is 6.61 Å². The largest absolute Gasteiger partial charge is 0.471 e. The summed E-state index contributed by atoms with van der Waals surface area (Å²) in [5.74, 6) is 0.375. The van der Waals surface area contributed by atoms with E-state index in [1.54, 1.807) is 24.5 Å². The molecule has 0 aliphatic carbocycles. The van der Waals surface area contributed by atoms with E-state index < -0.39 is 0 Å². The predicted molar refractivity (Wildman–Crippen MR) is 138 cm³/mol. The normalized spacial score (nSPS) is 10.8. The molecule has 0 radical (unpaired) electrons. The molecule has 0 saturated carbocycles. The molecule has 0 aliphatic heterocycles. The maximum absolute atomic E-state index is 13.9. The molecule has 0 unspecified atom stereocenters. The summed E-state index contributed by atoms with van der Waals surface area (Å²) in [4.78, 5) is 18.0. The Morgan fingerprint density at radius 2 is 1.31 bits per heavy atom. The predicted octanol–water partition coefficient (Wildman–Crippen LogP) is 6.25. The molecule has 0 bridgehead atoms. The minimum Gasteiger partial charge on any atom is -0.471 e. The van der Waals surface area contributed by atoms with Crippen LogP contribution in [-0.2, 0) is 13.2 Å². The number of halogens is 1. The Balaban J connectivity index is 1.72. The minimum atomic E-state index is -0.213. The molecule has 0 amide bonds. The van der Waals surface area contributed by atoms with Gasteiger partial charge in [-0.05, 0) is 46.5 Å². The highest BCUT2D eigenvalue weighted by molar-refractivity contribution is 6.30. The van der Waals surface area contributed by atoms with Gasteiger partial charge in [0.05, 0.1) is 17.7 Å². The maximum atomic E-state index is 13.9. The molecule has 5 aromatic rings. The first-order valence-corrected chi connectivity index (χ1v) is 11.6. The molecular weight excluding hydrogens is 458 g/mol. The number of nitrogens with zero attached hydrogens (tertiary/aromatic N) is 3. The summed E-state index contributed by atoms with van der Waals surface area (Å²) in [5, 5.41) is 5.29. The quantitative estimate of drug-likeness (QED) is 0.277. The zero-order chi connectivity index (χ0) is 24.0. The van der Waals surface area contributed by atoms with Crippen molar-refractivity contribution in [3.63, 3.8) is 0 Å². The van der Waals surface area contributed by atoms with Crippen molar-refractivity contribution in [1.29, 1.82) is 0 Å². The molecule has 172 valence electrons. The first-order valence-electron chi connectivity index (χ1n) is 11.2. The fourth-order valence-corrected chi connectivity index (χ4v) is 4.04. The van der Waals surface area contributed by atoms with Crippen molar-refractivity contribution < 1.29 is 4.74 Å². The van der Waals surface area contributed by atoms with Crippen molar-refractivity contribution >= 4 is 11.6 Å². The summed E-state index contributed by atoms with van der Waals surface area (Å²) < 4.78 is 7.74. The van der Waals surface area contributed by atoms with E-state index in [0.717, 1.165) is 22.3 Å². The van der Waals surface area contributed by atoms with Crippen molar-refractivity contribution in [2.75, 3.05) is 0 Å². The van der Waals surface area contributed by atoms with Gasteiger partial charge in [-0.1, -0.05) is 84.4 Å². The molecule has 0 spiro atoms. The van der Waals surface area contributed by atoms with Gasteiger partial charge in [0.2, 0.25) is 5.88 Å². The van der Waals surface area contributed by atoms with Gasteiger partial charge in [0.25, 0.3) is 5.56 Å². The lowest BCUT2D eigenvalue weighted by molar-refractivity contribution is 0.285. The van der Waals surface area contributed by atoms with Crippen LogP contribution in [0.5, 0.6) is 5.88 Å². The number of hydrogen-bond acceptors (Lipinski definition) is 4. The molecule has 0 fully saturated rings. The van der Waals surface area contributed by atoms with E-state index in [2.05, 4.69) is 4.98 Å². The topological polar surface area (TPSA) is 57.0 Å². The number of hydrogen-bond donors (Lipinski definition) is 0. The van der Waals surface area contributed by atoms with Crippen molar-refractivity contribution in [2.45, 2.75) is 13.2 Å². The van der Waals surface area contributed by atoms with Gasteiger partial charge in [-0.3, -0.25) is 9.78 Å². The van der Waals surface area contributed by atoms with Crippen LogP contribution in [0.4, 0.5) is 0 Å². The van der Waals surface area contributed by atoms with Gasteiger partial charge >= 0.3 is 0 Å². The van der Waals surface area contributed by atoms with E-state index in [4.69, 9.17) is 21.4 Å². The fourth-order valence-electron chi connectivity index (χ4n) is 3.91. The van der Waals surface area contributed by atoms with Crippen LogP contribution in [0, 0.1) is 0 Å². The third-order valence-corrected chi connectivity index (χ3v) is 5.87. The summed E-state index contributed by atoms with van der Waals surface area (Å²) in [6, 6.07) is 30.6. The van der Waals surface area contributed by atoms with Crippen LogP contribution in [0.15, 0.2) is 114 Å². The number of aromatic nitrogens is 3. The Labute approximate surface area is 208 Å². The summed E-state index contributed by atoms with van der Waals surface area (Å²) in [6.45, 7) is 0.633. The van der Waals surface area contributed by atoms with Gasteiger partial charge in [0, 0.05) is 17.4 Å². The molecule has 0 N–H and O–H groups in total. The molecule has 2 heterocycles. The molecule has 0 atom stereocenters. The molecule has 35 heavy (non-hydrogen) atoms. The standard InChI is InChI=1S/C29H22ClN3O2/c30-25-13-11-23(12-14-25)27-26(24-15-17-31-18-16-24)28(35-20-22-9-5-2-6-10-22)32-33(29(27)34)19-21-7-3-1-4-8-21/h1-18H,19-20H2. The van der Waals surface area contributed by atoms with Gasteiger partial charge in [0.15, 0.2) is 0 Å². The van der Waals surface area contributed by atoms with Crippen molar-refractivity contribution in [1.82, 2.24) is 14.8 Å². The highest BCUT2D eigenvalue weighted by Gasteiger charge is 2.22. The first-order chi connectivity index (χ1) is 17.2. The van der Waals surface area contributed by atoms with Crippen molar-refractivity contribution in [3.05, 3.63) is 136 Å². The molecule has 6 heteroatoms. The van der Waals surface area contributed by atoms with Crippen molar-refractivity contribution in [2.24, 2.45) is 0 Å². The second-order valence-electron chi connectivity index (χ2n) is 8.02. The first kappa shape index (κ1) is 22.6. The zero-order valence-electron chi connectivity index (χ0n) is 18.8. The molecule has 0 aliphatic rings. The van der Waals surface area contributed by atoms with Gasteiger partial charge in [-0.2, -0.15) is 0 Å². The van der Waals surface area contributed by atoms with Gasteiger partial charge in [-0.15, -0.1) is 5.10 Å². The molecule has 2 aromatic heterocycles. The highest BCUT2D eigenvalue weighted by Crippen LogP contribution is 2.36. The minimum absolute atomic E-state index is 0.213. The van der Waals surface area contributed by atoms with E-state index in [1.165, 1.54) is 4.68 Å². The van der Waals surface area contributed by atoms with Gasteiger partial charge < -0.3 is 4.74 Å². The second-order valence-corrected chi connectivity index (χ2v) is 8.46. The van der Waals surface area contributed by atoms with Crippen LogP contribution < -0.4 is 10.3 Å². The molecule has 3 aromatic carbocycles. The van der Waals surface area contributed by atoms with Crippen LogP contribution in [0.25, 0.3) is 22.3 Å².